The highest BCUT2D eigenvalue weighted by atomic mass is 16.4. The Labute approximate surface area is 102 Å². The van der Waals surface area contributed by atoms with Crippen molar-refractivity contribution in [2.45, 2.75) is 51.6 Å². The van der Waals surface area contributed by atoms with Crippen molar-refractivity contribution in [2.24, 2.45) is 5.92 Å². The van der Waals surface area contributed by atoms with Crippen molar-refractivity contribution in [1.82, 2.24) is 10.6 Å². The average Bonchev–Trinajstić information content (AvgIpc) is 2.21. The van der Waals surface area contributed by atoms with E-state index < -0.39 is 5.97 Å². The van der Waals surface area contributed by atoms with Crippen LogP contribution in [0.5, 0.6) is 0 Å². The van der Waals surface area contributed by atoms with Gasteiger partial charge in [0, 0.05) is 25.0 Å². The molecule has 3 unspecified atom stereocenters. The molecule has 17 heavy (non-hydrogen) atoms. The van der Waals surface area contributed by atoms with Crippen LogP contribution in [0.1, 0.15) is 39.5 Å². The number of aliphatic carboxylic acids is 1. The zero-order chi connectivity index (χ0) is 12.8. The highest BCUT2D eigenvalue weighted by Gasteiger charge is 2.35. The highest BCUT2D eigenvalue weighted by molar-refractivity contribution is 5.76. The Morgan fingerprint density at radius 3 is 2.59 bits per heavy atom. The van der Waals surface area contributed by atoms with E-state index in [1.807, 2.05) is 13.8 Å². The van der Waals surface area contributed by atoms with Crippen LogP contribution >= 0.6 is 0 Å². The van der Waals surface area contributed by atoms with E-state index in [-0.39, 0.29) is 23.9 Å². The summed E-state index contributed by atoms with van der Waals surface area (Å²) in [7, 11) is 0. The smallest absolute Gasteiger partial charge is 0.308 e. The van der Waals surface area contributed by atoms with Crippen LogP contribution in [0.3, 0.4) is 0 Å². The summed E-state index contributed by atoms with van der Waals surface area (Å²) >= 11 is 0. The molecule has 1 aliphatic rings. The van der Waals surface area contributed by atoms with Crippen molar-refractivity contribution in [3.05, 3.63) is 0 Å². The molecule has 0 heterocycles. The molecule has 1 fully saturated rings. The topological polar surface area (TPSA) is 78.4 Å². The van der Waals surface area contributed by atoms with Crippen LogP contribution in [0.2, 0.25) is 0 Å². The molecule has 0 spiro atoms. The van der Waals surface area contributed by atoms with Gasteiger partial charge in [0.05, 0.1) is 5.92 Å². The monoisotopic (exact) mass is 242 g/mol. The molecule has 1 aliphatic carbocycles. The number of carbonyl (C=O) groups is 2. The normalized spacial score (nSPS) is 24.8. The van der Waals surface area contributed by atoms with Crippen molar-refractivity contribution >= 4 is 11.9 Å². The van der Waals surface area contributed by atoms with E-state index in [0.717, 1.165) is 19.3 Å². The van der Waals surface area contributed by atoms with E-state index in [1.54, 1.807) is 0 Å². The first kappa shape index (κ1) is 14.0. The van der Waals surface area contributed by atoms with Gasteiger partial charge in [-0.15, -0.1) is 0 Å². The number of rotatable bonds is 7. The standard InChI is InChI=1S/C12H22N2O3/c1-3-8(2)14-11(15)6-7-13-10-5-4-9(10)12(16)17/h8-10,13H,3-7H2,1-2H3,(H,14,15)(H,16,17). The van der Waals surface area contributed by atoms with E-state index in [0.29, 0.717) is 13.0 Å². The minimum atomic E-state index is -0.738. The summed E-state index contributed by atoms with van der Waals surface area (Å²) in [6.07, 6.45) is 2.96. The van der Waals surface area contributed by atoms with Gasteiger partial charge in [-0.2, -0.15) is 0 Å². The number of carboxylic acid groups (broad SMARTS) is 1. The summed E-state index contributed by atoms with van der Waals surface area (Å²) in [6.45, 7) is 4.55. The molecule has 0 aliphatic heterocycles. The van der Waals surface area contributed by atoms with Gasteiger partial charge in [-0.1, -0.05) is 6.92 Å². The lowest BCUT2D eigenvalue weighted by Gasteiger charge is -2.34. The lowest BCUT2D eigenvalue weighted by molar-refractivity contribution is -0.146. The van der Waals surface area contributed by atoms with E-state index in [9.17, 15) is 9.59 Å². The Hall–Kier alpha value is -1.10. The zero-order valence-electron chi connectivity index (χ0n) is 10.5. The summed E-state index contributed by atoms with van der Waals surface area (Å²) < 4.78 is 0. The third kappa shape index (κ3) is 4.34. The number of carbonyl (C=O) groups excluding carboxylic acids is 1. The third-order valence-electron chi connectivity index (χ3n) is 3.37. The van der Waals surface area contributed by atoms with Gasteiger partial charge in [0.2, 0.25) is 5.91 Å². The predicted octanol–water partition coefficient (Wildman–Crippen LogP) is 0.744. The molecule has 1 rings (SSSR count). The molecular weight excluding hydrogens is 220 g/mol. The largest absolute Gasteiger partial charge is 0.481 e. The van der Waals surface area contributed by atoms with Gasteiger partial charge in [0.25, 0.3) is 0 Å². The lowest BCUT2D eigenvalue weighted by Crippen LogP contribution is -2.48. The maximum absolute atomic E-state index is 11.4. The molecule has 0 radical (unpaired) electrons. The lowest BCUT2D eigenvalue weighted by atomic mass is 9.79. The van der Waals surface area contributed by atoms with Gasteiger partial charge in [0.15, 0.2) is 0 Å². The van der Waals surface area contributed by atoms with Crippen molar-refractivity contribution in [3.8, 4) is 0 Å². The number of amides is 1. The number of nitrogens with one attached hydrogen (secondary N) is 2. The van der Waals surface area contributed by atoms with E-state index >= 15 is 0 Å². The Bertz CT molecular complexity index is 281. The first-order valence-corrected chi connectivity index (χ1v) is 6.30. The van der Waals surface area contributed by atoms with Crippen molar-refractivity contribution < 1.29 is 14.7 Å². The van der Waals surface area contributed by atoms with E-state index in [1.165, 1.54) is 0 Å². The van der Waals surface area contributed by atoms with Gasteiger partial charge >= 0.3 is 5.97 Å². The van der Waals surface area contributed by atoms with Gasteiger partial charge in [0.1, 0.15) is 0 Å². The molecule has 0 aromatic heterocycles. The van der Waals surface area contributed by atoms with Crippen LogP contribution in [0.15, 0.2) is 0 Å². The van der Waals surface area contributed by atoms with E-state index in [2.05, 4.69) is 10.6 Å². The fourth-order valence-corrected chi connectivity index (χ4v) is 1.86. The Kier molecular flexibility index (Phi) is 5.41. The molecule has 0 bridgehead atoms. The van der Waals surface area contributed by atoms with Crippen LogP contribution in [0.25, 0.3) is 0 Å². The Morgan fingerprint density at radius 2 is 2.12 bits per heavy atom. The third-order valence-corrected chi connectivity index (χ3v) is 3.37. The summed E-state index contributed by atoms with van der Waals surface area (Å²) in [5, 5.41) is 14.9. The van der Waals surface area contributed by atoms with Gasteiger partial charge in [-0.05, 0) is 26.2 Å². The van der Waals surface area contributed by atoms with Gasteiger partial charge in [-0.3, -0.25) is 9.59 Å². The maximum atomic E-state index is 11.4. The molecule has 3 atom stereocenters. The minimum absolute atomic E-state index is 0.0260. The predicted molar refractivity (Wildman–Crippen MR) is 64.7 cm³/mol. The molecule has 5 nitrogen and oxygen atoms in total. The molecule has 1 amide bonds. The first-order valence-electron chi connectivity index (χ1n) is 6.30. The van der Waals surface area contributed by atoms with Crippen molar-refractivity contribution in [2.75, 3.05) is 6.54 Å². The van der Waals surface area contributed by atoms with Crippen LogP contribution in [-0.4, -0.2) is 35.6 Å². The van der Waals surface area contributed by atoms with Crippen LogP contribution in [-0.2, 0) is 9.59 Å². The zero-order valence-corrected chi connectivity index (χ0v) is 10.5. The number of hydrogen-bond donors (Lipinski definition) is 3. The summed E-state index contributed by atoms with van der Waals surface area (Å²) in [4.78, 5) is 22.2. The fourth-order valence-electron chi connectivity index (χ4n) is 1.86. The molecule has 0 aromatic rings. The number of carboxylic acids is 1. The van der Waals surface area contributed by atoms with E-state index in [4.69, 9.17) is 5.11 Å². The van der Waals surface area contributed by atoms with Crippen LogP contribution in [0, 0.1) is 5.92 Å². The Morgan fingerprint density at radius 1 is 1.41 bits per heavy atom. The average molecular weight is 242 g/mol. The molecule has 3 N–H and O–H groups in total. The molecule has 0 aromatic carbocycles. The molecular formula is C12H22N2O3. The minimum Gasteiger partial charge on any atom is -0.481 e. The summed E-state index contributed by atoms with van der Waals surface area (Å²) in [5.41, 5.74) is 0. The van der Waals surface area contributed by atoms with Crippen LogP contribution in [0.4, 0.5) is 0 Å². The fraction of sp³-hybridized carbons (Fsp3) is 0.833. The second-order valence-electron chi connectivity index (χ2n) is 4.71. The van der Waals surface area contributed by atoms with Gasteiger partial charge in [-0.25, -0.2) is 0 Å². The highest BCUT2D eigenvalue weighted by Crippen LogP contribution is 2.27. The van der Waals surface area contributed by atoms with Crippen molar-refractivity contribution in [1.29, 1.82) is 0 Å². The van der Waals surface area contributed by atoms with Crippen molar-refractivity contribution in [3.63, 3.8) is 0 Å². The second kappa shape index (κ2) is 6.59. The molecule has 0 saturated heterocycles. The summed E-state index contributed by atoms with van der Waals surface area (Å²) in [6, 6.07) is 0.252. The number of hydrogen-bond acceptors (Lipinski definition) is 3. The van der Waals surface area contributed by atoms with Crippen LogP contribution < -0.4 is 10.6 Å². The quantitative estimate of drug-likeness (QED) is 0.615. The molecule has 98 valence electrons. The SMILES string of the molecule is CCC(C)NC(=O)CCNC1CCC1C(=O)O. The second-order valence-corrected chi connectivity index (χ2v) is 4.71. The maximum Gasteiger partial charge on any atom is 0.308 e. The Balaban J connectivity index is 2.11. The molecule has 5 heteroatoms. The summed E-state index contributed by atoms with van der Waals surface area (Å²) in [5.74, 6) is -0.983. The first-order chi connectivity index (χ1) is 8.04. The van der Waals surface area contributed by atoms with Gasteiger partial charge < -0.3 is 15.7 Å². The molecule has 1 saturated carbocycles.